The SMILES string of the molecule is c1ccc(-c2cccc(-c3cc(-c4ccc(-c5nc(-c6ccccc6)nc(-c6cccc(-n7c8ccccc8c8ccccc87)c6)n5)cc4)ccc3-n3c4ccccc4c4ccccc43)c2)cc1. The predicted octanol–water partition coefficient (Wildman–Crippen LogP) is 16.1. The van der Waals surface area contributed by atoms with Crippen LogP contribution >= 0.6 is 0 Å². The zero-order valence-electron chi connectivity index (χ0n) is 36.9. The number of para-hydroxylation sites is 4. The van der Waals surface area contributed by atoms with Gasteiger partial charge in [0.05, 0.1) is 27.8 Å². The molecule has 0 fully saturated rings. The lowest BCUT2D eigenvalue weighted by atomic mass is 9.94. The molecule has 5 heteroatoms. The lowest BCUT2D eigenvalue weighted by Crippen LogP contribution is -2.01. The highest BCUT2D eigenvalue weighted by atomic mass is 15.0. The Balaban J connectivity index is 0.925. The summed E-state index contributed by atoms with van der Waals surface area (Å²) in [5.41, 5.74) is 16.5. The van der Waals surface area contributed by atoms with Crippen LogP contribution in [0.5, 0.6) is 0 Å². The summed E-state index contributed by atoms with van der Waals surface area (Å²) < 4.78 is 4.75. The van der Waals surface area contributed by atoms with Crippen LogP contribution in [0.4, 0.5) is 0 Å². The first-order valence-corrected chi connectivity index (χ1v) is 23.0. The van der Waals surface area contributed by atoms with Gasteiger partial charge in [0.1, 0.15) is 0 Å². The number of nitrogens with zero attached hydrogens (tertiary/aromatic N) is 5. The molecule has 13 aromatic rings. The van der Waals surface area contributed by atoms with Gasteiger partial charge < -0.3 is 9.13 Å². The first-order chi connectivity index (χ1) is 33.7. The second-order valence-electron chi connectivity index (χ2n) is 17.2. The molecule has 0 saturated carbocycles. The monoisotopic (exact) mass is 867 g/mol. The van der Waals surface area contributed by atoms with Crippen molar-refractivity contribution in [1.82, 2.24) is 24.1 Å². The van der Waals surface area contributed by atoms with Crippen molar-refractivity contribution in [3.8, 4) is 78.9 Å². The van der Waals surface area contributed by atoms with Crippen molar-refractivity contribution in [1.29, 1.82) is 0 Å². The number of fused-ring (bicyclic) bond motifs is 6. The summed E-state index contributed by atoms with van der Waals surface area (Å²) in [6, 6.07) is 88.3. The molecule has 318 valence electrons. The van der Waals surface area contributed by atoms with Crippen LogP contribution in [0.3, 0.4) is 0 Å². The lowest BCUT2D eigenvalue weighted by Gasteiger charge is -2.17. The van der Waals surface area contributed by atoms with Crippen molar-refractivity contribution in [3.05, 3.63) is 249 Å². The van der Waals surface area contributed by atoms with Crippen molar-refractivity contribution in [2.45, 2.75) is 0 Å². The molecule has 0 spiro atoms. The van der Waals surface area contributed by atoms with Gasteiger partial charge in [-0.05, 0) is 82.4 Å². The van der Waals surface area contributed by atoms with E-state index in [0.29, 0.717) is 17.5 Å². The molecule has 0 radical (unpaired) electrons. The molecule has 0 aliphatic rings. The number of benzene rings is 10. The largest absolute Gasteiger partial charge is 0.309 e. The molecule has 0 amide bonds. The fourth-order valence-electron chi connectivity index (χ4n) is 9.97. The van der Waals surface area contributed by atoms with Crippen LogP contribution in [0.2, 0.25) is 0 Å². The minimum atomic E-state index is 0.614. The van der Waals surface area contributed by atoms with Crippen LogP contribution in [0.25, 0.3) is 123 Å². The maximum absolute atomic E-state index is 5.19. The second kappa shape index (κ2) is 16.4. The molecule has 0 atom stereocenters. The van der Waals surface area contributed by atoms with E-state index in [1.54, 1.807) is 0 Å². The number of hydrogen-bond donors (Lipinski definition) is 0. The Morgan fingerprint density at radius 2 is 0.618 bits per heavy atom. The Morgan fingerprint density at radius 1 is 0.235 bits per heavy atom. The third-order valence-corrected chi connectivity index (χ3v) is 13.2. The minimum absolute atomic E-state index is 0.614. The summed E-state index contributed by atoms with van der Waals surface area (Å²) >= 11 is 0. The second-order valence-corrected chi connectivity index (χ2v) is 17.2. The molecule has 5 nitrogen and oxygen atoms in total. The standard InChI is InChI=1S/C63H41N5/c1-3-17-42(18-4-1)46-21-15-22-48(39-46)55-41-47(37-38-60(55)68-58-31-13-9-27-53(58)54-28-10-14-32-59(54)68)43-33-35-45(36-34-43)62-64-61(44-19-5-2-6-20-44)65-63(66-62)49-23-16-24-50(40-49)67-56-29-11-7-25-51(56)52-26-8-12-30-57(52)67/h1-41H. The topological polar surface area (TPSA) is 48.5 Å². The Labute approximate surface area is 393 Å². The van der Waals surface area contributed by atoms with E-state index in [4.69, 9.17) is 15.0 Å². The first kappa shape index (κ1) is 39.2. The van der Waals surface area contributed by atoms with E-state index in [9.17, 15) is 0 Å². The summed E-state index contributed by atoms with van der Waals surface area (Å²) in [5.74, 6) is 1.85. The fourth-order valence-corrected chi connectivity index (χ4v) is 9.97. The highest BCUT2D eigenvalue weighted by molar-refractivity contribution is 6.10. The van der Waals surface area contributed by atoms with Gasteiger partial charge in [-0.3, -0.25) is 0 Å². The molecule has 0 N–H and O–H groups in total. The summed E-state index contributed by atoms with van der Waals surface area (Å²) in [5, 5.41) is 4.91. The van der Waals surface area contributed by atoms with E-state index < -0.39 is 0 Å². The van der Waals surface area contributed by atoms with Gasteiger partial charge in [-0.2, -0.15) is 0 Å². The van der Waals surface area contributed by atoms with Crippen LogP contribution < -0.4 is 0 Å². The van der Waals surface area contributed by atoms with Crippen LogP contribution in [0.1, 0.15) is 0 Å². The fraction of sp³-hybridized carbons (Fsp3) is 0. The zero-order chi connectivity index (χ0) is 45.0. The average Bonchev–Trinajstić information content (AvgIpc) is 3.94. The first-order valence-electron chi connectivity index (χ1n) is 23.0. The van der Waals surface area contributed by atoms with E-state index in [2.05, 4.69) is 240 Å². The van der Waals surface area contributed by atoms with Gasteiger partial charge in [0, 0.05) is 49.5 Å². The molecule has 0 aliphatic heterocycles. The van der Waals surface area contributed by atoms with E-state index in [0.717, 1.165) is 61.4 Å². The maximum atomic E-state index is 5.19. The van der Waals surface area contributed by atoms with Crippen LogP contribution in [0.15, 0.2) is 249 Å². The zero-order valence-corrected chi connectivity index (χ0v) is 36.9. The van der Waals surface area contributed by atoms with Gasteiger partial charge >= 0.3 is 0 Å². The van der Waals surface area contributed by atoms with Gasteiger partial charge in [-0.1, -0.05) is 194 Å². The van der Waals surface area contributed by atoms with E-state index >= 15 is 0 Å². The van der Waals surface area contributed by atoms with E-state index in [1.165, 1.54) is 43.7 Å². The Morgan fingerprint density at radius 3 is 1.21 bits per heavy atom. The molecule has 13 rings (SSSR count). The van der Waals surface area contributed by atoms with Crippen molar-refractivity contribution in [2.24, 2.45) is 0 Å². The molecule has 0 saturated heterocycles. The Hall–Kier alpha value is -9.19. The predicted molar refractivity (Wildman–Crippen MR) is 281 cm³/mol. The van der Waals surface area contributed by atoms with Crippen molar-refractivity contribution in [3.63, 3.8) is 0 Å². The van der Waals surface area contributed by atoms with Crippen LogP contribution in [0, 0.1) is 0 Å². The van der Waals surface area contributed by atoms with Gasteiger partial charge in [0.2, 0.25) is 0 Å². The highest BCUT2D eigenvalue weighted by Crippen LogP contribution is 2.40. The number of rotatable bonds is 8. The van der Waals surface area contributed by atoms with Crippen LogP contribution in [-0.2, 0) is 0 Å². The molecule has 68 heavy (non-hydrogen) atoms. The molecular weight excluding hydrogens is 827 g/mol. The van der Waals surface area contributed by atoms with Gasteiger partial charge in [-0.25, -0.2) is 15.0 Å². The van der Waals surface area contributed by atoms with E-state index in [-0.39, 0.29) is 0 Å². The minimum Gasteiger partial charge on any atom is -0.309 e. The smallest absolute Gasteiger partial charge is 0.164 e. The van der Waals surface area contributed by atoms with Gasteiger partial charge in [-0.15, -0.1) is 0 Å². The summed E-state index contributed by atoms with van der Waals surface area (Å²) in [6.07, 6.45) is 0. The molecule has 0 aliphatic carbocycles. The summed E-state index contributed by atoms with van der Waals surface area (Å²) in [4.78, 5) is 15.4. The van der Waals surface area contributed by atoms with Gasteiger partial charge in [0.15, 0.2) is 17.5 Å². The van der Waals surface area contributed by atoms with Crippen molar-refractivity contribution < 1.29 is 0 Å². The quantitative estimate of drug-likeness (QED) is 0.153. The Bertz CT molecular complexity index is 3910. The molecule has 10 aromatic carbocycles. The normalized spacial score (nSPS) is 11.5. The Kier molecular flexibility index (Phi) is 9.43. The number of aromatic nitrogens is 5. The maximum Gasteiger partial charge on any atom is 0.164 e. The number of hydrogen-bond acceptors (Lipinski definition) is 3. The molecular formula is C63H41N5. The van der Waals surface area contributed by atoms with Crippen molar-refractivity contribution >= 4 is 43.6 Å². The third kappa shape index (κ3) is 6.76. The lowest BCUT2D eigenvalue weighted by molar-refractivity contribution is 1.07. The summed E-state index contributed by atoms with van der Waals surface area (Å²) in [6.45, 7) is 0. The molecule has 0 bridgehead atoms. The van der Waals surface area contributed by atoms with Gasteiger partial charge in [0.25, 0.3) is 0 Å². The summed E-state index contributed by atoms with van der Waals surface area (Å²) in [7, 11) is 0. The molecule has 3 heterocycles. The molecule has 3 aromatic heterocycles. The average molecular weight is 868 g/mol. The van der Waals surface area contributed by atoms with E-state index in [1.807, 2.05) is 18.2 Å². The highest BCUT2D eigenvalue weighted by Gasteiger charge is 2.19. The van der Waals surface area contributed by atoms with Crippen LogP contribution in [-0.4, -0.2) is 24.1 Å². The third-order valence-electron chi connectivity index (χ3n) is 13.2. The molecule has 0 unspecified atom stereocenters. The van der Waals surface area contributed by atoms with Crippen molar-refractivity contribution in [2.75, 3.05) is 0 Å².